The zero-order valence-corrected chi connectivity index (χ0v) is 9.98. The molecule has 0 saturated carbocycles. The van der Waals surface area contributed by atoms with Gasteiger partial charge in [0.15, 0.2) is 0 Å². The second kappa shape index (κ2) is 4.59. The fourth-order valence-corrected chi connectivity index (χ4v) is 2.68. The van der Waals surface area contributed by atoms with Crippen molar-refractivity contribution >= 4 is 17.4 Å². The Hall–Kier alpha value is -1.01. The minimum absolute atomic E-state index is 0.0184. The van der Waals surface area contributed by atoms with Gasteiger partial charge in [0.1, 0.15) is 5.76 Å². The van der Waals surface area contributed by atoms with E-state index in [9.17, 15) is 23.1 Å². The lowest BCUT2D eigenvalue weighted by Gasteiger charge is -2.28. The summed E-state index contributed by atoms with van der Waals surface area (Å²) < 4.78 is 37.7. The Kier molecular flexibility index (Phi) is 3.42. The maximum Gasteiger partial charge on any atom is 0.450 e. The third-order valence-corrected chi connectivity index (χ3v) is 3.51. The van der Waals surface area contributed by atoms with Crippen molar-refractivity contribution in [2.75, 3.05) is 13.1 Å². The predicted molar refractivity (Wildman–Crippen MR) is 59.1 cm³/mol. The van der Waals surface area contributed by atoms with Crippen molar-refractivity contribution in [1.82, 2.24) is 5.32 Å². The normalized spacial score (nSPS) is 28.8. The Morgan fingerprint density at radius 1 is 1.50 bits per heavy atom. The number of hydrogen-bond donors (Lipinski definition) is 2. The number of aliphatic hydroxyl groups is 1. The van der Waals surface area contributed by atoms with Gasteiger partial charge in [-0.1, -0.05) is 17.7 Å². The van der Waals surface area contributed by atoms with Crippen molar-refractivity contribution in [3.8, 4) is 0 Å². The average Bonchev–Trinajstić information content (AvgIpc) is 2.43. The number of alkyl halides is 3. The largest absolute Gasteiger partial charge is 0.506 e. The molecule has 2 unspecified atom stereocenters. The number of hydrogen-bond acceptors (Lipinski definition) is 3. The van der Waals surface area contributed by atoms with E-state index in [-0.39, 0.29) is 29.3 Å². The molecule has 0 aromatic carbocycles. The van der Waals surface area contributed by atoms with Crippen molar-refractivity contribution in [3.05, 3.63) is 22.4 Å². The smallest absolute Gasteiger partial charge is 0.450 e. The first-order chi connectivity index (χ1) is 8.32. The molecule has 0 radical (unpaired) electrons. The molecule has 100 valence electrons. The summed E-state index contributed by atoms with van der Waals surface area (Å²) in [6, 6.07) is 0. The molecule has 1 fully saturated rings. The highest BCUT2D eigenvalue weighted by Gasteiger charge is 2.49. The van der Waals surface area contributed by atoms with Crippen LogP contribution in [0.3, 0.4) is 0 Å². The first-order valence-corrected chi connectivity index (χ1v) is 5.81. The quantitative estimate of drug-likeness (QED) is 0.775. The third-order valence-electron chi connectivity index (χ3n) is 3.21. The molecule has 0 aromatic rings. The lowest BCUT2D eigenvalue weighted by Crippen LogP contribution is -2.38. The Labute approximate surface area is 106 Å². The summed E-state index contributed by atoms with van der Waals surface area (Å²) in [5.41, 5.74) is 0.0832. The third kappa shape index (κ3) is 2.27. The van der Waals surface area contributed by atoms with Crippen molar-refractivity contribution in [3.63, 3.8) is 0 Å². The van der Waals surface area contributed by atoms with Crippen LogP contribution in [0.5, 0.6) is 0 Å². The van der Waals surface area contributed by atoms with Crippen LogP contribution in [0, 0.1) is 11.8 Å². The van der Waals surface area contributed by atoms with Crippen molar-refractivity contribution in [2.24, 2.45) is 11.8 Å². The van der Waals surface area contributed by atoms with Crippen LogP contribution >= 0.6 is 11.6 Å². The second-order valence-corrected chi connectivity index (χ2v) is 4.75. The highest BCUT2D eigenvalue weighted by Crippen LogP contribution is 2.40. The number of fused-ring (bicyclic) bond motifs is 2. The zero-order valence-electron chi connectivity index (χ0n) is 9.22. The molecule has 3 nitrogen and oxygen atoms in total. The highest BCUT2D eigenvalue weighted by molar-refractivity contribution is 6.32. The topological polar surface area (TPSA) is 49.3 Å². The van der Waals surface area contributed by atoms with E-state index in [1.54, 1.807) is 0 Å². The fraction of sp³-hybridized carbons (Fsp3) is 0.545. The Morgan fingerprint density at radius 3 is 2.78 bits per heavy atom. The molecule has 0 aromatic heterocycles. The first kappa shape index (κ1) is 13.4. The van der Waals surface area contributed by atoms with Crippen LogP contribution in [0.25, 0.3) is 0 Å². The maximum absolute atomic E-state index is 12.6. The van der Waals surface area contributed by atoms with Crippen molar-refractivity contribution in [1.29, 1.82) is 0 Å². The molecule has 2 N–H and O–H groups in total. The monoisotopic (exact) mass is 281 g/mol. The summed E-state index contributed by atoms with van der Waals surface area (Å²) in [7, 11) is 0. The van der Waals surface area contributed by atoms with E-state index in [2.05, 4.69) is 5.32 Å². The number of ketones is 1. The van der Waals surface area contributed by atoms with Gasteiger partial charge in [-0.3, -0.25) is 4.79 Å². The van der Waals surface area contributed by atoms with E-state index >= 15 is 0 Å². The van der Waals surface area contributed by atoms with Crippen LogP contribution in [0.4, 0.5) is 13.2 Å². The molecule has 2 atom stereocenters. The van der Waals surface area contributed by atoms with Crippen LogP contribution in [-0.2, 0) is 4.79 Å². The molecule has 7 heteroatoms. The van der Waals surface area contributed by atoms with E-state index in [1.165, 1.54) is 6.08 Å². The summed E-state index contributed by atoms with van der Waals surface area (Å²) in [5.74, 6) is -4.24. The molecular formula is C11H11ClF3NO2. The summed E-state index contributed by atoms with van der Waals surface area (Å²) >= 11 is 5.76. The zero-order chi connectivity index (χ0) is 13.5. The molecule has 1 heterocycles. The lowest BCUT2D eigenvalue weighted by molar-refractivity contribution is -0.175. The molecule has 1 aliphatic heterocycles. The summed E-state index contributed by atoms with van der Waals surface area (Å²) in [4.78, 5) is 11.5. The van der Waals surface area contributed by atoms with Gasteiger partial charge in [-0.05, 0) is 18.5 Å². The molecule has 2 rings (SSSR count). The first-order valence-electron chi connectivity index (χ1n) is 5.44. The number of allylic oxidation sites excluding steroid dienone is 1. The second-order valence-electron chi connectivity index (χ2n) is 4.35. The molecule has 1 saturated heterocycles. The van der Waals surface area contributed by atoms with Gasteiger partial charge >= 0.3 is 6.18 Å². The Morgan fingerprint density at radius 2 is 2.17 bits per heavy atom. The van der Waals surface area contributed by atoms with Gasteiger partial charge in [0.2, 0.25) is 5.78 Å². The molecule has 2 bridgehead atoms. The Balaban J connectivity index is 2.45. The number of halogens is 4. The summed E-state index contributed by atoms with van der Waals surface area (Å²) in [6.07, 6.45) is -3.41. The predicted octanol–water partition coefficient (Wildman–Crippen LogP) is 2.29. The molecule has 0 spiro atoms. The molecular weight excluding hydrogens is 271 g/mol. The van der Waals surface area contributed by atoms with Crippen molar-refractivity contribution < 1.29 is 23.1 Å². The van der Waals surface area contributed by atoms with Gasteiger partial charge in [-0.25, -0.2) is 0 Å². The van der Waals surface area contributed by atoms with Gasteiger partial charge in [0.25, 0.3) is 0 Å². The van der Waals surface area contributed by atoms with E-state index < -0.39 is 23.8 Å². The van der Waals surface area contributed by atoms with Gasteiger partial charge < -0.3 is 10.4 Å². The number of carbonyl (C=O) groups excluding carboxylic acids is 1. The minimum Gasteiger partial charge on any atom is -0.506 e. The SMILES string of the molecule is O=C(C1C2=C(O)C(Cl)=CC1CNCC2)C(F)(F)F. The van der Waals surface area contributed by atoms with Crippen molar-refractivity contribution in [2.45, 2.75) is 12.6 Å². The van der Waals surface area contributed by atoms with Crippen LogP contribution in [0.15, 0.2) is 22.4 Å². The van der Waals surface area contributed by atoms with E-state index in [4.69, 9.17) is 11.6 Å². The van der Waals surface area contributed by atoms with Crippen LogP contribution in [0.2, 0.25) is 0 Å². The number of rotatable bonds is 1. The average molecular weight is 282 g/mol. The van der Waals surface area contributed by atoms with Gasteiger partial charge in [0.05, 0.1) is 11.0 Å². The van der Waals surface area contributed by atoms with E-state index in [0.717, 1.165) is 0 Å². The Bertz CT molecular complexity index is 442. The summed E-state index contributed by atoms with van der Waals surface area (Å²) in [6.45, 7) is 0.648. The standard InChI is InChI=1S/C11H11ClF3NO2/c12-7-3-5-4-16-2-1-6(9(7)17)8(5)10(18)11(13,14)15/h3,5,8,16-17H,1-2,4H2. The highest BCUT2D eigenvalue weighted by atomic mass is 35.5. The molecule has 1 aliphatic carbocycles. The number of aliphatic hydroxyl groups excluding tert-OH is 1. The van der Waals surface area contributed by atoms with E-state index in [1.807, 2.05) is 0 Å². The van der Waals surface area contributed by atoms with Crippen LogP contribution < -0.4 is 5.32 Å². The van der Waals surface area contributed by atoms with E-state index in [0.29, 0.717) is 6.54 Å². The number of nitrogens with one attached hydrogen (secondary N) is 1. The molecule has 18 heavy (non-hydrogen) atoms. The van der Waals surface area contributed by atoms with Gasteiger partial charge in [-0.15, -0.1) is 0 Å². The minimum atomic E-state index is -4.91. The van der Waals surface area contributed by atoms with Crippen LogP contribution in [-0.4, -0.2) is 30.2 Å². The number of carbonyl (C=O) groups is 1. The van der Waals surface area contributed by atoms with Gasteiger partial charge in [-0.2, -0.15) is 13.2 Å². The lowest BCUT2D eigenvalue weighted by atomic mass is 9.78. The molecule has 2 aliphatic rings. The van der Waals surface area contributed by atoms with Crippen LogP contribution in [0.1, 0.15) is 6.42 Å². The fourth-order valence-electron chi connectivity index (χ4n) is 2.39. The number of Topliss-reactive ketones (excluding diaryl/α,β-unsaturated/α-hetero) is 1. The molecule has 0 amide bonds. The summed E-state index contributed by atoms with van der Waals surface area (Å²) in [5, 5.41) is 12.7. The van der Waals surface area contributed by atoms with Gasteiger partial charge in [0, 0.05) is 12.5 Å². The maximum atomic E-state index is 12.6.